The van der Waals surface area contributed by atoms with Crippen LogP contribution in [0.3, 0.4) is 0 Å². The average molecular weight is 524 g/mol. The van der Waals surface area contributed by atoms with E-state index in [2.05, 4.69) is 18.7 Å². The van der Waals surface area contributed by atoms with Crippen LogP contribution in [0.2, 0.25) is 0 Å². The molecule has 38 heavy (non-hydrogen) atoms. The molecule has 0 saturated heterocycles. The highest BCUT2D eigenvalue weighted by molar-refractivity contribution is 6.13. The van der Waals surface area contributed by atoms with Crippen LogP contribution in [0.1, 0.15) is 50.0 Å². The first-order valence-corrected chi connectivity index (χ1v) is 12.7. The number of furan rings is 1. The highest BCUT2D eigenvalue weighted by Gasteiger charge is 2.53. The molecular formula is C29H28F3N3O3. The van der Waals surface area contributed by atoms with E-state index >= 15 is 0 Å². The van der Waals surface area contributed by atoms with E-state index in [1.54, 1.807) is 18.2 Å². The summed E-state index contributed by atoms with van der Waals surface area (Å²) in [4.78, 5) is 34.2. The fourth-order valence-corrected chi connectivity index (χ4v) is 5.60. The monoisotopic (exact) mass is 523 g/mol. The first kappa shape index (κ1) is 25.8. The number of hydrogen-bond donors (Lipinski definition) is 0. The largest absolute Gasteiger partial charge is 0.471 e. The molecule has 0 bridgehead atoms. The molecule has 3 aromatic rings. The fourth-order valence-electron chi connectivity index (χ4n) is 5.60. The van der Waals surface area contributed by atoms with E-state index in [4.69, 9.17) is 9.41 Å². The lowest BCUT2D eigenvalue weighted by Crippen LogP contribution is -2.49. The van der Waals surface area contributed by atoms with Gasteiger partial charge in [0, 0.05) is 30.9 Å². The quantitative estimate of drug-likeness (QED) is 0.377. The summed E-state index contributed by atoms with van der Waals surface area (Å²) in [6.45, 7) is 5.91. The van der Waals surface area contributed by atoms with Crippen LogP contribution in [0.15, 0.2) is 76.3 Å². The average Bonchev–Trinajstić information content (AvgIpc) is 3.38. The van der Waals surface area contributed by atoms with Gasteiger partial charge in [0.15, 0.2) is 0 Å². The van der Waals surface area contributed by atoms with Crippen LogP contribution in [0.5, 0.6) is 0 Å². The summed E-state index contributed by atoms with van der Waals surface area (Å²) in [6.07, 6.45) is -3.33. The van der Waals surface area contributed by atoms with Crippen LogP contribution in [0.25, 0.3) is 0 Å². The van der Waals surface area contributed by atoms with Crippen LogP contribution in [0.4, 0.5) is 30.2 Å². The molecule has 2 aromatic carbocycles. The van der Waals surface area contributed by atoms with E-state index in [-0.39, 0.29) is 35.3 Å². The highest BCUT2D eigenvalue weighted by atomic mass is 19.4. The minimum atomic E-state index is -5.16. The van der Waals surface area contributed by atoms with Gasteiger partial charge in [-0.05, 0) is 68.1 Å². The molecule has 1 fully saturated rings. The molecule has 0 radical (unpaired) electrons. The molecule has 1 amide bonds. The summed E-state index contributed by atoms with van der Waals surface area (Å²) in [5, 5.41) is 0. The van der Waals surface area contributed by atoms with Crippen molar-refractivity contribution < 1.29 is 27.2 Å². The molecule has 3 atom stereocenters. The normalized spacial score (nSPS) is 21.3. The maximum Gasteiger partial charge on any atom is 0.471 e. The zero-order valence-corrected chi connectivity index (χ0v) is 21.1. The number of halogens is 3. The van der Waals surface area contributed by atoms with Crippen LogP contribution in [-0.4, -0.2) is 36.7 Å². The van der Waals surface area contributed by atoms with Gasteiger partial charge in [0.1, 0.15) is 17.6 Å². The smallest absolute Gasteiger partial charge is 0.467 e. The maximum absolute atomic E-state index is 13.9. The van der Waals surface area contributed by atoms with Gasteiger partial charge in [0.2, 0.25) is 0 Å². The number of aliphatic imine (C=N–C) groups is 1. The number of carbonyl (C=O) groups is 2. The number of nitrogens with zero attached hydrogens (tertiary/aromatic N) is 3. The summed E-state index contributed by atoms with van der Waals surface area (Å²) in [7, 11) is 0. The Morgan fingerprint density at radius 3 is 2.37 bits per heavy atom. The Morgan fingerprint density at radius 2 is 1.74 bits per heavy atom. The minimum Gasteiger partial charge on any atom is -0.467 e. The second-order valence-electron chi connectivity index (χ2n) is 9.54. The Morgan fingerprint density at radius 1 is 1.03 bits per heavy atom. The lowest BCUT2D eigenvalue weighted by molar-refractivity contribution is -0.171. The SMILES string of the molecule is CCN(CC)c1ccc(C2CC(=O)C3C(=Nc4ccccc4N(C(=O)C(F)(F)F)C3c3ccco3)C2)cc1. The number of rotatable bonds is 5. The standard InChI is InChI=1S/C29H28F3N3O3/c1-3-34(4-2)20-13-11-18(12-14-20)19-16-22-26(24(36)17-19)27(25-10-7-15-38-25)35(28(37)29(30,31)32)23-9-6-5-8-21(23)33-22/h5-15,19,26-27H,3-4,16-17H2,1-2H3. The number of fused-ring (bicyclic) bond motifs is 2. The molecule has 1 aliphatic carbocycles. The molecule has 198 valence electrons. The van der Waals surface area contributed by atoms with Crippen molar-refractivity contribution in [1.82, 2.24) is 0 Å². The summed E-state index contributed by atoms with van der Waals surface area (Å²) in [6, 6.07) is 16.0. The van der Waals surface area contributed by atoms with E-state index in [1.807, 2.05) is 24.3 Å². The van der Waals surface area contributed by atoms with Crippen molar-refractivity contribution in [2.75, 3.05) is 22.9 Å². The third kappa shape index (κ3) is 4.61. The van der Waals surface area contributed by atoms with E-state index in [9.17, 15) is 22.8 Å². The van der Waals surface area contributed by atoms with Crippen LogP contribution in [0, 0.1) is 5.92 Å². The number of amides is 1. The van der Waals surface area contributed by atoms with Crippen molar-refractivity contribution in [3.05, 3.63) is 78.3 Å². The Bertz CT molecular complexity index is 1350. The van der Waals surface area contributed by atoms with Gasteiger partial charge in [-0.15, -0.1) is 0 Å². The number of para-hydroxylation sites is 2. The molecule has 6 nitrogen and oxygen atoms in total. The van der Waals surface area contributed by atoms with E-state index in [1.165, 1.54) is 24.5 Å². The molecule has 0 N–H and O–H groups in total. The molecular weight excluding hydrogens is 495 g/mol. The zero-order chi connectivity index (χ0) is 27.0. The van der Waals surface area contributed by atoms with E-state index in [0.717, 1.165) is 24.3 Å². The van der Waals surface area contributed by atoms with Gasteiger partial charge in [0.25, 0.3) is 0 Å². The van der Waals surface area contributed by atoms with Gasteiger partial charge < -0.3 is 9.32 Å². The van der Waals surface area contributed by atoms with Crippen LogP contribution in [-0.2, 0) is 9.59 Å². The van der Waals surface area contributed by atoms with Crippen molar-refractivity contribution in [2.45, 2.75) is 44.8 Å². The summed E-state index contributed by atoms with van der Waals surface area (Å²) < 4.78 is 47.1. The lowest BCUT2D eigenvalue weighted by Gasteiger charge is -2.37. The first-order valence-electron chi connectivity index (χ1n) is 12.7. The number of hydrogen-bond acceptors (Lipinski definition) is 5. The summed E-state index contributed by atoms with van der Waals surface area (Å²) in [5.41, 5.74) is 2.70. The lowest BCUT2D eigenvalue weighted by atomic mass is 9.73. The Kier molecular flexibility index (Phi) is 6.86. The Balaban J connectivity index is 1.59. The van der Waals surface area contributed by atoms with Crippen LogP contribution < -0.4 is 9.80 Å². The second-order valence-corrected chi connectivity index (χ2v) is 9.54. The van der Waals surface area contributed by atoms with Gasteiger partial charge in [-0.25, -0.2) is 0 Å². The molecule has 1 aromatic heterocycles. The molecule has 2 heterocycles. The minimum absolute atomic E-state index is 0.00829. The molecule has 3 unspecified atom stereocenters. The number of carbonyl (C=O) groups excluding carboxylic acids is 2. The van der Waals surface area contributed by atoms with Crippen molar-refractivity contribution in [2.24, 2.45) is 10.9 Å². The third-order valence-electron chi connectivity index (χ3n) is 7.40. The van der Waals surface area contributed by atoms with Gasteiger partial charge in [0.05, 0.1) is 23.6 Å². The highest BCUT2D eigenvalue weighted by Crippen LogP contribution is 2.48. The van der Waals surface area contributed by atoms with Crippen molar-refractivity contribution in [1.29, 1.82) is 0 Å². The number of ketones is 1. The number of anilines is 2. The van der Waals surface area contributed by atoms with Crippen molar-refractivity contribution in [3.8, 4) is 0 Å². The van der Waals surface area contributed by atoms with Gasteiger partial charge in [-0.2, -0.15) is 13.2 Å². The first-order chi connectivity index (χ1) is 18.2. The van der Waals surface area contributed by atoms with Crippen molar-refractivity contribution in [3.63, 3.8) is 0 Å². The summed E-state index contributed by atoms with van der Waals surface area (Å²) >= 11 is 0. The predicted octanol–water partition coefficient (Wildman–Crippen LogP) is 6.61. The second kappa shape index (κ2) is 10.1. The number of Topliss-reactive ketones (excluding diaryl/α,β-unsaturated/α-hetero) is 1. The zero-order valence-electron chi connectivity index (χ0n) is 21.1. The molecule has 5 rings (SSSR count). The van der Waals surface area contributed by atoms with Gasteiger partial charge >= 0.3 is 12.1 Å². The third-order valence-corrected chi connectivity index (χ3v) is 7.40. The van der Waals surface area contributed by atoms with Crippen molar-refractivity contribution >= 4 is 34.5 Å². The fraction of sp³-hybridized carbons (Fsp3) is 0.345. The van der Waals surface area contributed by atoms with Gasteiger partial charge in [-0.1, -0.05) is 24.3 Å². The van der Waals surface area contributed by atoms with E-state index in [0.29, 0.717) is 17.0 Å². The summed E-state index contributed by atoms with van der Waals surface area (Å²) in [5.74, 6) is -3.48. The molecule has 1 aliphatic heterocycles. The van der Waals surface area contributed by atoms with Gasteiger partial charge in [-0.3, -0.25) is 19.5 Å². The predicted molar refractivity (Wildman–Crippen MR) is 139 cm³/mol. The van der Waals surface area contributed by atoms with E-state index < -0.39 is 24.0 Å². The maximum atomic E-state index is 13.9. The molecule has 1 saturated carbocycles. The topological polar surface area (TPSA) is 66.1 Å². The molecule has 2 aliphatic rings. The van der Waals surface area contributed by atoms with Crippen LogP contribution >= 0.6 is 0 Å². The number of benzene rings is 2. The molecule has 9 heteroatoms. The Labute approximate surface area is 218 Å². The Hall–Kier alpha value is -3.88. The number of alkyl halides is 3. The molecule has 0 spiro atoms.